The van der Waals surface area contributed by atoms with Crippen molar-refractivity contribution in [3.63, 3.8) is 0 Å². The maximum atomic E-state index is 3.84. The van der Waals surface area contributed by atoms with Crippen LogP contribution in [-0.4, -0.2) is 44.5 Å². The maximum absolute atomic E-state index is 3.84. The molecule has 1 aromatic rings. The molecule has 0 aliphatic rings. The quantitative estimate of drug-likeness (QED) is 0.595. The van der Waals surface area contributed by atoms with E-state index in [0.717, 1.165) is 6.42 Å². The minimum absolute atomic E-state index is 0.462. The van der Waals surface area contributed by atoms with Crippen LogP contribution >= 0.6 is 0 Å². The molecular formula is C13H17NTe. The van der Waals surface area contributed by atoms with Gasteiger partial charge in [0.25, 0.3) is 0 Å². The first-order valence-electron chi connectivity index (χ1n) is 5.03. The number of hydrogen-bond donors (Lipinski definition) is 0. The summed E-state index contributed by atoms with van der Waals surface area (Å²) >= 11 is 2.10. The van der Waals surface area contributed by atoms with Crippen LogP contribution in [0.2, 0.25) is 0 Å². The summed E-state index contributed by atoms with van der Waals surface area (Å²) in [5.74, 6) is 0.462. The molecule has 0 radical (unpaired) electrons. The van der Waals surface area contributed by atoms with E-state index in [4.69, 9.17) is 0 Å². The third kappa shape index (κ3) is 3.48. The van der Waals surface area contributed by atoms with E-state index < -0.39 is 0 Å². The van der Waals surface area contributed by atoms with Crippen LogP contribution in [0.5, 0.6) is 0 Å². The minimum atomic E-state index is 0.462. The van der Waals surface area contributed by atoms with E-state index in [1.165, 1.54) is 9.24 Å². The molecule has 0 aromatic heterocycles. The summed E-state index contributed by atoms with van der Waals surface area (Å²) in [6.07, 6.45) is 2.99. The van der Waals surface area contributed by atoms with E-state index in [1.807, 2.05) is 6.08 Å². The zero-order valence-corrected chi connectivity index (χ0v) is 11.6. The molecule has 0 N–H and O–H groups in total. The van der Waals surface area contributed by atoms with Gasteiger partial charge in [0.05, 0.1) is 0 Å². The fourth-order valence-corrected chi connectivity index (χ4v) is 2.21. The van der Waals surface area contributed by atoms with Crippen molar-refractivity contribution < 1.29 is 0 Å². The predicted octanol–water partition coefficient (Wildman–Crippen LogP) is 2.21. The Morgan fingerprint density at radius 2 is 2.00 bits per heavy atom. The van der Waals surface area contributed by atoms with Gasteiger partial charge in [-0.15, -0.1) is 0 Å². The molecule has 0 fully saturated rings. The van der Waals surface area contributed by atoms with Crippen LogP contribution < -0.4 is 0 Å². The Labute approximate surface area is 105 Å². The van der Waals surface area contributed by atoms with Crippen molar-refractivity contribution in [2.75, 3.05) is 14.1 Å². The van der Waals surface area contributed by atoms with Crippen LogP contribution in [0.15, 0.2) is 43.0 Å². The van der Waals surface area contributed by atoms with Crippen LogP contribution in [-0.2, 0) is 0 Å². The van der Waals surface area contributed by atoms with Crippen molar-refractivity contribution in [3.05, 3.63) is 48.6 Å². The van der Waals surface area contributed by atoms with Crippen molar-refractivity contribution in [2.24, 2.45) is 0 Å². The molecule has 0 heterocycles. The molecule has 0 saturated carbocycles. The van der Waals surface area contributed by atoms with Crippen molar-refractivity contribution >= 4 is 25.5 Å². The molecule has 1 unspecified atom stereocenters. The molecule has 0 bridgehead atoms. The molecule has 0 aliphatic heterocycles. The Kier molecular flexibility index (Phi) is 5.08. The van der Waals surface area contributed by atoms with E-state index in [1.54, 1.807) is 0 Å². The molecule has 80 valence electrons. The van der Waals surface area contributed by atoms with Crippen LogP contribution in [0.25, 0.3) is 0 Å². The molecule has 1 nitrogen and oxygen atoms in total. The first-order valence-corrected chi connectivity index (χ1v) is 6.20. The fourth-order valence-electron chi connectivity index (χ4n) is 1.54. The van der Waals surface area contributed by atoms with E-state index in [-0.39, 0.29) is 0 Å². The van der Waals surface area contributed by atoms with Gasteiger partial charge < -0.3 is 0 Å². The standard InChI is InChI=1S/C13H17NTe/c1-4-8-12(13(15)14(2)3)11-9-6-5-7-10-11/h4-7,9-10,12H,1,8H2,2-3H3. The molecule has 0 amide bonds. The van der Waals surface area contributed by atoms with E-state index in [0.29, 0.717) is 5.92 Å². The molecule has 1 aromatic carbocycles. The van der Waals surface area contributed by atoms with Gasteiger partial charge in [-0.25, -0.2) is 0 Å². The van der Waals surface area contributed by atoms with E-state index in [2.05, 4.69) is 77.7 Å². The van der Waals surface area contributed by atoms with Gasteiger partial charge >= 0.3 is 105 Å². The molecule has 2 heteroatoms. The van der Waals surface area contributed by atoms with Crippen molar-refractivity contribution in [2.45, 2.75) is 12.3 Å². The average molecular weight is 315 g/mol. The Bertz CT molecular complexity index is 330. The molecular weight excluding hydrogens is 298 g/mol. The van der Waals surface area contributed by atoms with Gasteiger partial charge in [0.2, 0.25) is 0 Å². The summed E-state index contributed by atoms with van der Waals surface area (Å²) in [5.41, 5.74) is 1.37. The van der Waals surface area contributed by atoms with Gasteiger partial charge in [-0.2, -0.15) is 0 Å². The number of rotatable bonds is 5. The second-order valence-corrected chi connectivity index (χ2v) is 4.91. The first kappa shape index (κ1) is 12.5. The van der Waals surface area contributed by atoms with E-state index in [9.17, 15) is 0 Å². The average Bonchev–Trinajstić information content (AvgIpc) is 2.26. The monoisotopic (exact) mass is 317 g/mol. The predicted molar refractivity (Wildman–Crippen MR) is 68.4 cm³/mol. The molecule has 0 aliphatic carbocycles. The summed E-state index contributed by atoms with van der Waals surface area (Å²) in [4.78, 5) is 2.19. The number of allylic oxidation sites excluding steroid dienone is 1. The van der Waals surface area contributed by atoms with Gasteiger partial charge in [0.1, 0.15) is 0 Å². The van der Waals surface area contributed by atoms with Gasteiger partial charge in [0.15, 0.2) is 0 Å². The molecule has 15 heavy (non-hydrogen) atoms. The SMILES string of the molecule is C=CCC(C(=[Te])N(C)C)c1ccccc1. The molecule has 0 saturated heterocycles. The zero-order chi connectivity index (χ0) is 11.3. The normalized spacial score (nSPS) is 11.9. The third-order valence-corrected chi connectivity index (χ3v) is 4.20. The van der Waals surface area contributed by atoms with Gasteiger partial charge in [-0.05, 0) is 0 Å². The van der Waals surface area contributed by atoms with Crippen molar-refractivity contribution in [1.82, 2.24) is 4.90 Å². The molecule has 0 spiro atoms. The second-order valence-electron chi connectivity index (χ2n) is 3.72. The van der Waals surface area contributed by atoms with Gasteiger partial charge in [0, 0.05) is 0 Å². The van der Waals surface area contributed by atoms with Crippen LogP contribution in [0.3, 0.4) is 0 Å². The number of hydrogen-bond acceptors (Lipinski definition) is 1. The van der Waals surface area contributed by atoms with Crippen LogP contribution in [0.1, 0.15) is 17.9 Å². The first-order chi connectivity index (χ1) is 7.16. The van der Waals surface area contributed by atoms with Gasteiger partial charge in [-0.1, -0.05) is 0 Å². The molecule has 1 rings (SSSR count). The van der Waals surface area contributed by atoms with Crippen molar-refractivity contribution in [3.8, 4) is 0 Å². The van der Waals surface area contributed by atoms with Crippen molar-refractivity contribution in [1.29, 1.82) is 0 Å². The number of likely N-dealkylation sites (N-methyl/N-ethyl adjacent to an activating group) is 1. The fraction of sp³-hybridized carbons (Fsp3) is 0.308. The summed E-state index contributed by atoms with van der Waals surface area (Å²) in [7, 11) is 4.19. The Hall–Kier alpha value is -0.580. The van der Waals surface area contributed by atoms with Crippen LogP contribution in [0, 0.1) is 0 Å². The Morgan fingerprint density at radius 1 is 1.40 bits per heavy atom. The third-order valence-electron chi connectivity index (χ3n) is 2.34. The van der Waals surface area contributed by atoms with Crippen LogP contribution in [0.4, 0.5) is 0 Å². The molecule has 1 atom stereocenters. The summed E-state index contributed by atoms with van der Waals surface area (Å²) in [5, 5.41) is 0. The number of nitrogens with zero attached hydrogens (tertiary/aromatic N) is 1. The van der Waals surface area contributed by atoms with E-state index >= 15 is 0 Å². The van der Waals surface area contributed by atoms with Gasteiger partial charge in [-0.3, -0.25) is 0 Å². The Balaban J connectivity index is 2.93. The zero-order valence-electron chi connectivity index (χ0n) is 9.31. The number of benzene rings is 1. The summed E-state index contributed by atoms with van der Waals surface area (Å²) in [6, 6.07) is 10.6. The second kappa shape index (κ2) is 6.10. The summed E-state index contributed by atoms with van der Waals surface area (Å²) < 4.78 is 1.39. The Morgan fingerprint density at radius 3 is 2.47 bits per heavy atom. The summed E-state index contributed by atoms with van der Waals surface area (Å²) in [6.45, 7) is 3.84. The topological polar surface area (TPSA) is 3.24 Å².